The fraction of sp³-hybridized carbons (Fsp3) is 0.441. The molecule has 0 fully saturated rings. The third kappa shape index (κ3) is 10.6. The zero-order chi connectivity index (χ0) is 33.8. The van der Waals surface area contributed by atoms with E-state index in [1.165, 1.54) is 25.7 Å². The predicted octanol–water partition coefficient (Wildman–Crippen LogP) is 1.51. The lowest BCUT2D eigenvalue weighted by atomic mass is 10.0. The highest BCUT2D eigenvalue weighted by Crippen LogP contribution is 2.28. The molecular weight excluding hydrogens is 602 g/mol. The molecule has 2 aliphatic rings. The number of hydrogen-bond donors (Lipinski definition) is 4. The second kappa shape index (κ2) is 17.2. The van der Waals surface area contributed by atoms with E-state index in [2.05, 4.69) is 37.2 Å². The van der Waals surface area contributed by atoms with Gasteiger partial charge in [-0.1, -0.05) is 47.2 Å². The summed E-state index contributed by atoms with van der Waals surface area (Å²) in [6.45, 7) is 8.42. The van der Waals surface area contributed by atoms with Gasteiger partial charge in [-0.15, -0.1) is 5.10 Å². The van der Waals surface area contributed by atoms with Crippen molar-refractivity contribution in [3.8, 4) is 11.5 Å². The quantitative estimate of drug-likeness (QED) is 0.230. The molecule has 0 spiro atoms. The third-order valence-corrected chi connectivity index (χ3v) is 7.73. The van der Waals surface area contributed by atoms with Gasteiger partial charge in [-0.25, -0.2) is 4.68 Å². The van der Waals surface area contributed by atoms with E-state index in [1.807, 2.05) is 50.4 Å². The van der Waals surface area contributed by atoms with Crippen molar-refractivity contribution in [3.63, 3.8) is 0 Å². The van der Waals surface area contributed by atoms with Crippen molar-refractivity contribution in [3.05, 3.63) is 83.2 Å². The Labute approximate surface area is 275 Å². The first kappa shape index (κ1) is 35.1. The molecule has 47 heavy (non-hydrogen) atoms. The number of allylic oxidation sites excluding steroid dienone is 1. The van der Waals surface area contributed by atoms with Crippen LogP contribution in [0.4, 0.5) is 0 Å². The SMILES string of the molecule is COc1cc2ccc1OCCn1cc(nn1)CCN(CC=C(C)C)CCNC(=O)[C@H]([C@@H](C)O)NC(=O)[C@@H](Cc1ccccc1)NC2=O. The predicted molar refractivity (Wildman–Crippen MR) is 176 cm³/mol. The van der Waals surface area contributed by atoms with Crippen molar-refractivity contribution in [1.82, 2.24) is 35.8 Å². The number of hydrogen-bond acceptors (Lipinski definition) is 9. The van der Waals surface area contributed by atoms with Crippen LogP contribution >= 0.6 is 0 Å². The molecule has 2 aromatic carbocycles. The van der Waals surface area contributed by atoms with Gasteiger partial charge in [-0.05, 0) is 44.5 Å². The molecule has 13 heteroatoms. The number of aliphatic hydroxyl groups excluding tert-OH is 1. The van der Waals surface area contributed by atoms with Gasteiger partial charge in [0.25, 0.3) is 5.91 Å². The van der Waals surface area contributed by atoms with E-state index in [1.54, 1.807) is 16.8 Å². The minimum atomic E-state index is -1.24. The summed E-state index contributed by atoms with van der Waals surface area (Å²) >= 11 is 0. The zero-order valence-corrected chi connectivity index (χ0v) is 27.4. The molecule has 3 aromatic rings. The van der Waals surface area contributed by atoms with Crippen LogP contribution in [0.2, 0.25) is 0 Å². The molecule has 1 aromatic heterocycles. The van der Waals surface area contributed by atoms with E-state index in [-0.39, 0.29) is 12.0 Å². The van der Waals surface area contributed by atoms with Crippen molar-refractivity contribution in [2.45, 2.75) is 58.3 Å². The van der Waals surface area contributed by atoms with Crippen LogP contribution in [0.3, 0.4) is 0 Å². The van der Waals surface area contributed by atoms with Crippen LogP contribution < -0.4 is 25.4 Å². The molecular formula is C34H45N7O6. The van der Waals surface area contributed by atoms with Crippen LogP contribution in [0.5, 0.6) is 11.5 Å². The average molecular weight is 648 g/mol. The largest absolute Gasteiger partial charge is 0.493 e. The highest BCUT2D eigenvalue weighted by Gasteiger charge is 2.30. The van der Waals surface area contributed by atoms with Crippen molar-refractivity contribution >= 4 is 17.7 Å². The summed E-state index contributed by atoms with van der Waals surface area (Å²) in [6.07, 6.45) is 3.61. The number of aliphatic hydroxyl groups is 1. The molecule has 4 N–H and O–H groups in total. The Morgan fingerprint density at radius 2 is 1.87 bits per heavy atom. The average Bonchev–Trinajstić information content (AvgIpc) is 3.51. The topological polar surface area (TPSA) is 160 Å². The fourth-order valence-electron chi connectivity index (χ4n) is 5.03. The van der Waals surface area contributed by atoms with E-state index in [0.717, 1.165) is 11.3 Å². The minimum absolute atomic E-state index is 0.161. The molecule has 13 nitrogen and oxygen atoms in total. The molecule has 252 valence electrons. The number of amides is 3. The summed E-state index contributed by atoms with van der Waals surface area (Å²) in [5, 5.41) is 27.4. The minimum Gasteiger partial charge on any atom is -0.493 e. The van der Waals surface area contributed by atoms with Crippen molar-refractivity contribution in [2.75, 3.05) is 39.9 Å². The van der Waals surface area contributed by atoms with Gasteiger partial charge in [0.05, 0.1) is 25.5 Å². The third-order valence-electron chi connectivity index (χ3n) is 7.73. The van der Waals surface area contributed by atoms with Gasteiger partial charge >= 0.3 is 0 Å². The number of methoxy groups -OCH3 is 1. The molecule has 2 aliphatic heterocycles. The van der Waals surface area contributed by atoms with E-state index < -0.39 is 35.9 Å². The maximum absolute atomic E-state index is 13.6. The van der Waals surface area contributed by atoms with Gasteiger partial charge in [0, 0.05) is 50.8 Å². The molecule has 0 radical (unpaired) electrons. The lowest BCUT2D eigenvalue weighted by Gasteiger charge is -2.26. The molecule has 3 heterocycles. The van der Waals surface area contributed by atoms with Crippen LogP contribution in [0.1, 0.15) is 42.4 Å². The number of rotatable bonds is 6. The normalized spacial score (nSPS) is 19.5. The second-order valence-electron chi connectivity index (χ2n) is 11.8. The van der Waals surface area contributed by atoms with Crippen molar-refractivity contribution in [1.29, 1.82) is 0 Å². The van der Waals surface area contributed by atoms with E-state index in [9.17, 15) is 19.5 Å². The smallest absolute Gasteiger partial charge is 0.252 e. The first-order chi connectivity index (χ1) is 22.6. The van der Waals surface area contributed by atoms with Gasteiger partial charge < -0.3 is 30.5 Å². The fourth-order valence-corrected chi connectivity index (χ4v) is 5.03. The summed E-state index contributed by atoms with van der Waals surface area (Å²) in [7, 11) is 1.48. The van der Waals surface area contributed by atoms with Crippen molar-refractivity contribution in [2.24, 2.45) is 0 Å². The van der Waals surface area contributed by atoms with Crippen molar-refractivity contribution < 1.29 is 29.0 Å². The van der Waals surface area contributed by atoms with Crippen LogP contribution in [0.15, 0.2) is 66.4 Å². The number of fused-ring (bicyclic) bond motifs is 16. The highest BCUT2D eigenvalue weighted by molar-refractivity contribution is 5.99. The van der Waals surface area contributed by atoms with Gasteiger partial charge in [0.15, 0.2) is 11.5 Å². The first-order valence-electron chi connectivity index (χ1n) is 15.8. The zero-order valence-electron chi connectivity index (χ0n) is 27.4. The Bertz CT molecular complexity index is 1520. The lowest BCUT2D eigenvalue weighted by molar-refractivity contribution is -0.132. The van der Waals surface area contributed by atoms with Crippen LogP contribution in [-0.2, 0) is 29.0 Å². The van der Waals surface area contributed by atoms with Gasteiger partial charge in [-0.2, -0.15) is 0 Å². The Morgan fingerprint density at radius 3 is 2.60 bits per heavy atom. The molecule has 4 bridgehead atoms. The lowest BCUT2D eigenvalue weighted by Crippen LogP contribution is -2.58. The number of ether oxygens (including phenoxy) is 2. The summed E-state index contributed by atoms with van der Waals surface area (Å²) in [6, 6.07) is 11.7. The molecule has 0 unspecified atom stereocenters. The van der Waals surface area contributed by atoms with E-state index >= 15 is 0 Å². The summed E-state index contributed by atoms with van der Waals surface area (Å²) in [5.41, 5.74) is 3.06. The standard InChI is InChI=1S/C34H45N7O6/c1-23(2)12-15-40-16-13-27-22-41(39-38-27)18-19-47-29-11-10-26(21-30(29)46-4)32(43)36-28(20-25-8-6-5-7-9-25)33(44)37-31(24(3)42)34(45)35-14-17-40/h5-12,21-22,24,28,31,42H,13-20H2,1-4H3,(H,35,45)(H,36,43)(H,37,44)/t24-,28-,31+/m1/s1. The molecule has 0 aliphatic carbocycles. The van der Waals surface area contributed by atoms with Crippen LogP contribution in [-0.4, -0.2) is 101 Å². The molecule has 3 atom stereocenters. The van der Waals surface area contributed by atoms with Gasteiger partial charge in [0.2, 0.25) is 11.8 Å². The Morgan fingerprint density at radius 1 is 1.09 bits per heavy atom. The summed E-state index contributed by atoms with van der Waals surface area (Å²) in [4.78, 5) is 42.5. The number of nitrogens with zero attached hydrogens (tertiary/aromatic N) is 4. The van der Waals surface area contributed by atoms with E-state index in [0.29, 0.717) is 57.3 Å². The summed E-state index contributed by atoms with van der Waals surface area (Å²) in [5.74, 6) is -0.856. The Hall–Kier alpha value is -4.75. The Balaban J connectivity index is 1.61. The number of aromatic nitrogens is 3. The van der Waals surface area contributed by atoms with Crippen LogP contribution in [0.25, 0.3) is 0 Å². The number of benzene rings is 2. The van der Waals surface area contributed by atoms with Gasteiger partial charge in [0.1, 0.15) is 18.7 Å². The number of carbonyl (C=O) groups excluding carboxylic acids is 3. The highest BCUT2D eigenvalue weighted by atomic mass is 16.5. The van der Waals surface area contributed by atoms with Gasteiger partial charge in [-0.3, -0.25) is 19.3 Å². The first-order valence-corrected chi connectivity index (χ1v) is 15.8. The molecule has 0 saturated heterocycles. The molecule has 5 rings (SSSR count). The maximum Gasteiger partial charge on any atom is 0.252 e. The van der Waals surface area contributed by atoms with Crippen LogP contribution in [0, 0.1) is 0 Å². The molecule has 0 saturated carbocycles. The van der Waals surface area contributed by atoms with E-state index in [4.69, 9.17) is 9.47 Å². The maximum atomic E-state index is 13.6. The molecule has 3 amide bonds. The Kier molecular flexibility index (Phi) is 12.9. The number of nitrogens with one attached hydrogen (secondary N) is 3. The second-order valence-corrected chi connectivity index (χ2v) is 11.8. The monoisotopic (exact) mass is 647 g/mol. The number of carbonyl (C=O) groups is 3. The summed E-state index contributed by atoms with van der Waals surface area (Å²) < 4.78 is 13.2.